The summed E-state index contributed by atoms with van der Waals surface area (Å²) in [6.07, 6.45) is 3.85. The summed E-state index contributed by atoms with van der Waals surface area (Å²) in [4.78, 5) is 42.4. The number of piperidine rings is 1. The number of aliphatic carboxylic acids is 2. The molecular formula is C22H31N3O8S. The van der Waals surface area contributed by atoms with Crippen molar-refractivity contribution >= 4 is 29.2 Å². The molecule has 11 nitrogen and oxygen atoms in total. The molecule has 0 aromatic carbocycles. The number of carboxylic acids is 2. The first-order valence-electron chi connectivity index (χ1n) is 11.7. The van der Waals surface area contributed by atoms with Crippen molar-refractivity contribution in [1.29, 1.82) is 0 Å². The third-order valence-corrected chi connectivity index (χ3v) is 7.54. The molecule has 34 heavy (non-hydrogen) atoms. The Morgan fingerprint density at radius 1 is 0.941 bits per heavy atom. The van der Waals surface area contributed by atoms with E-state index in [4.69, 9.17) is 30.1 Å². The fourth-order valence-corrected chi connectivity index (χ4v) is 5.25. The molecule has 0 bridgehead atoms. The van der Waals surface area contributed by atoms with E-state index in [1.54, 1.807) is 11.3 Å². The number of aliphatic hydroxyl groups excluding tert-OH is 2. The van der Waals surface area contributed by atoms with Crippen LogP contribution in [0, 0.1) is 5.92 Å². The lowest BCUT2D eigenvalue weighted by molar-refractivity contribution is -0.165. The van der Waals surface area contributed by atoms with Gasteiger partial charge < -0.3 is 35.0 Å². The highest BCUT2D eigenvalue weighted by Crippen LogP contribution is 2.36. The average Bonchev–Trinajstić information content (AvgIpc) is 3.74. The van der Waals surface area contributed by atoms with Gasteiger partial charge in [0.1, 0.15) is 6.10 Å². The average molecular weight is 498 g/mol. The van der Waals surface area contributed by atoms with Crippen molar-refractivity contribution in [3.8, 4) is 5.19 Å². The minimum atomic E-state index is -2.27. The van der Waals surface area contributed by atoms with Crippen LogP contribution in [0.1, 0.15) is 49.1 Å². The number of fused-ring (bicyclic) bond motifs is 1. The van der Waals surface area contributed by atoms with Crippen molar-refractivity contribution in [1.82, 2.24) is 14.8 Å². The van der Waals surface area contributed by atoms with E-state index >= 15 is 0 Å². The lowest BCUT2D eigenvalue weighted by Gasteiger charge is -2.31. The molecule has 0 radical (unpaired) electrons. The molecule has 4 aliphatic rings. The predicted octanol–water partition coefficient (Wildman–Crippen LogP) is 0.321. The molecule has 1 aromatic rings. The summed E-state index contributed by atoms with van der Waals surface area (Å²) >= 11 is 1.66. The van der Waals surface area contributed by atoms with Gasteiger partial charge in [-0.1, -0.05) is 11.3 Å². The van der Waals surface area contributed by atoms with Crippen molar-refractivity contribution in [2.24, 2.45) is 5.92 Å². The van der Waals surface area contributed by atoms with Crippen LogP contribution >= 0.6 is 11.3 Å². The quantitative estimate of drug-likeness (QED) is 0.413. The van der Waals surface area contributed by atoms with E-state index < -0.39 is 24.1 Å². The summed E-state index contributed by atoms with van der Waals surface area (Å²) in [6.45, 7) is 3.91. The number of hydrogen-bond acceptors (Lipinski definition) is 9. The Morgan fingerprint density at radius 3 is 2.09 bits per heavy atom. The fraction of sp³-hybridized carbons (Fsp3) is 0.727. The summed E-state index contributed by atoms with van der Waals surface area (Å²) in [5, 5.41) is 33.4. The van der Waals surface area contributed by atoms with Gasteiger partial charge in [-0.25, -0.2) is 14.6 Å². The number of thiazole rings is 1. The Morgan fingerprint density at radius 2 is 1.56 bits per heavy atom. The van der Waals surface area contributed by atoms with Gasteiger partial charge in [0, 0.05) is 38.0 Å². The molecule has 2 aliphatic carbocycles. The second kappa shape index (κ2) is 10.5. The number of carbonyl (C=O) groups is 3. The van der Waals surface area contributed by atoms with Gasteiger partial charge >= 0.3 is 11.9 Å². The minimum Gasteiger partial charge on any atom is -0.479 e. The summed E-state index contributed by atoms with van der Waals surface area (Å²) < 4.78 is 6.19. The van der Waals surface area contributed by atoms with Crippen molar-refractivity contribution < 1.29 is 39.5 Å². The van der Waals surface area contributed by atoms with Crippen molar-refractivity contribution in [2.45, 2.75) is 75.8 Å². The molecule has 2 aliphatic heterocycles. The Balaban J connectivity index is 0.000000235. The van der Waals surface area contributed by atoms with Gasteiger partial charge in [-0.2, -0.15) is 0 Å². The summed E-state index contributed by atoms with van der Waals surface area (Å²) in [5.74, 6) is -2.87. The van der Waals surface area contributed by atoms with Crippen LogP contribution in [0.2, 0.25) is 0 Å². The first-order valence-corrected chi connectivity index (χ1v) is 12.5. The first-order chi connectivity index (χ1) is 16.2. The Hall–Kier alpha value is -2.28. The number of aliphatic hydroxyl groups is 2. The normalized spacial score (nSPS) is 22.7. The number of rotatable bonds is 7. The summed E-state index contributed by atoms with van der Waals surface area (Å²) in [6, 6.07) is 0.869. The van der Waals surface area contributed by atoms with Crippen LogP contribution in [-0.2, 0) is 27.3 Å². The van der Waals surface area contributed by atoms with Gasteiger partial charge in [-0.3, -0.25) is 4.79 Å². The second-order valence-electron chi connectivity index (χ2n) is 9.28. The maximum atomic E-state index is 12.3. The molecule has 2 unspecified atom stereocenters. The zero-order valence-corrected chi connectivity index (χ0v) is 19.7. The van der Waals surface area contributed by atoms with E-state index in [1.807, 2.05) is 4.90 Å². The minimum absolute atomic E-state index is 0.312. The van der Waals surface area contributed by atoms with Gasteiger partial charge in [0.05, 0.1) is 17.1 Å². The van der Waals surface area contributed by atoms with Crippen LogP contribution in [0.5, 0.6) is 5.19 Å². The fourth-order valence-electron chi connectivity index (χ4n) is 4.21. The van der Waals surface area contributed by atoms with Gasteiger partial charge in [0.2, 0.25) is 5.91 Å². The summed E-state index contributed by atoms with van der Waals surface area (Å²) in [7, 11) is 0. The molecule has 0 spiro atoms. The van der Waals surface area contributed by atoms with Crippen LogP contribution in [-0.4, -0.2) is 97.0 Å². The molecule has 1 amide bonds. The molecule has 12 heteroatoms. The number of ether oxygens (including phenoxy) is 1. The van der Waals surface area contributed by atoms with Crippen LogP contribution in [0.3, 0.4) is 0 Å². The Labute approximate surface area is 201 Å². The van der Waals surface area contributed by atoms with E-state index in [0.29, 0.717) is 17.9 Å². The van der Waals surface area contributed by atoms with Gasteiger partial charge in [0.15, 0.2) is 12.2 Å². The van der Waals surface area contributed by atoms with Gasteiger partial charge in [-0.05, 0) is 38.5 Å². The highest BCUT2D eigenvalue weighted by molar-refractivity contribution is 7.13. The number of likely N-dealkylation sites (tertiary alicyclic amines) is 1. The van der Waals surface area contributed by atoms with Gasteiger partial charge in [0.25, 0.3) is 5.19 Å². The maximum absolute atomic E-state index is 12.3. The van der Waals surface area contributed by atoms with Crippen molar-refractivity contribution in [2.75, 3.05) is 19.6 Å². The van der Waals surface area contributed by atoms with E-state index in [9.17, 15) is 14.4 Å². The number of amides is 1. The van der Waals surface area contributed by atoms with E-state index in [2.05, 4.69) is 4.90 Å². The third-order valence-electron chi connectivity index (χ3n) is 6.56. The Kier molecular flexibility index (Phi) is 7.70. The van der Waals surface area contributed by atoms with Crippen LogP contribution < -0.4 is 4.74 Å². The summed E-state index contributed by atoms with van der Waals surface area (Å²) in [5.41, 5.74) is 1.16. The SMILES string of the molecule is O=C(C1CC1)N1CCc2nc(OC3CCN(C4CC4)CC3)sc2C1.O=C(O)C(O)C(O)C(=O)O. The van der Waals surface area contributed by atoms with Crippen LogP contribution in [0.15, 0.2) is 0 Å². The van der Waals surface area contributed by atoms with Crippen molar-refractivity contribution in [3.63, 3.8) is 0 Å². The molecule has 2 atom stereocenters. The van der Waals surface area contributed by atoms with E-state index in [0.717, 1.165) is 62.1 Å². The molecule has 5 rings (SSSR count). The molecule has 1 saturated heterocycles. The Bertz CT molecular complexity index is 890. The molecular weight excluding hydrogens is 466 g/mol. The standard InChI is InChI=1S/C18H25N3O2S.C4H6O6/c22-17(12-1-2-12)21-10-7-15-16(11-21)24-18(19-15)23-14-5-8-20(9-6-14)13-3-4-13;5-1(3(7)8)2(6)4(9)10/h12-14H,1-11H2;1-2,5-6H,(H,7,8)(H,9,10). The molecule has 1 aromatic heterocycles. The maximum Gasteiger partial charge on any atom is 0.335 e. The number of carboxylic acid groups (broad SMARTS) is 2. The molecule has 2 saturated carbocycles. The third kappa shape index (κ3) is 6.23. The molecule has 3 heterocycles. The first kappa shape index (κ1) is 24.8. The zero-order valence-electron chi connectivity index (χ0n) is 18.8. The molecule has 4 N–H and O–H groups in total. The van der Waals surface area contributed by atoms with Gasteiger partial charge in [-0.15, -0.1) is 0 Å². The lowest BCUT2D eigenvalue weighted by atomic mass is 10.1. The molecule has 188 valence electrons. The van der Waals surface area contributed by atoms with E-state index in [1.165, 1.54) is 30.8 Å². The zero-order chi connectivity index (χ0) is 24.4. The number of hydrogen-bond donors (Lipinski definition) is 4. The topological polar surface area (TPSA) is 161 Å². The number of aromatic nitrogens is 1. The van der Waals surface area contributed by atoms with Crippen LogP contribution in [0.25, 0.3) is 0 Å². The highest BCUT2D eigenvalue weighted by atomic mass is 32.1. The lowest BCUT2D eigenvalue weighted by Crippen LogP contribution is -2.39. The molecule has 3 fully saturated rings. The number of nitrogens with zero attached hydrogens (tertiary/aromatic N) is 3. The number of carbonyl (C=O) groups excluding carboxylic acids is 1. The van der Waals surface area contributed by atoms with Crippen LogP contribution in [0.4, 0.5) is 0 Å². The highest BCUT2D eigenvalue weighted by Gasteiger charge is 2.36. The second-order valence-corrected chi connectivity index (χ2v) is 10.3. The monoisotopic (exact) mass is 497 g/mol. The van der Waals surface area contributed by atoms with Crippen molar-refractivity contribution in [3.05, 3.63) is 10.6 Å². The smallest absolute Gasteiger partial charge is 0.335 e. The van der Waals surface area contributed by atoms with E-state index in [-0.39, 0.29) is 0 Å². The predicted molar refractivity (Wildman–Crippen MR) is 119 cm³/mol. The largest absolute Gasteiger partial charge is 0.479 e.